The van der Waals surface area contributed by atoms with Crippen molar-refractivity contribution >= 4 is 17.9 Å². The third kappa shape index (κ3) is 3.94. The summed E-state index contributed by atoms with van der Waals surface area (Å²) in [6, 6.07) is 10.5. The van der Waals surface area contributed by atoms with E-state index in [9.17, 15) is 0 Å². The van der Waals surface area contributed by atoms with Crippen LogP contribution in [0.5, 0.6) is 0 Å². The van der Waals surface area contributed by atoms with Crippen molar-refractivity contribution in [3.05, 3.63) is 58.7 Å². The molecular weight excluding hydrogens is 358 g/mol. The summed E-state index contributed by atoms with van der Waals surface area (Å²) < 4.78 is 7.59. The van der Waals surface area contributed by atoms with E-state index in [1.807, 2.05) is 23.1 Å². The summed E-state index contributed by atoms with van der Waals surface area (Å²) in [5.74, 6) is 0.599. The maximum Gasteiger partial charge on any atom is 0.292 e. The van der Waals surface area contributed by atoms with E-state index in [0.717, 1.165) is 38.4 Å². The van der Waals surface area contributed by atoms with E-state index in [-0.39, 0.29) is 0 Å². The smallest absolute Gasteiger partial charge is 0.292 e. The molecule has 2 N–H and O–H groups in total. The van der Waals surface area contributed by atoms with Gasteiger partial charge in [-0.25, -0.2) is 4.98 Å². The van der Waals surface area contributed by atoms with Gasteiger partial charge in [-0.3, -0.25) is 0 Å². The van der Waals surface area contributed by atoms with Crippen molar-refractivity contribution < 1.29 is 14.3 Å². The van der Waals surface area contributed by atoms with Crippen LogP contribution in [0.25, 0.3) is 11.5 Å². The fourth-order valence-corrected chi connectivity index (χ4v) is 3.62. The minimum atomic E-state index is 0.441. The van der Waals surface area contributed by atoms with Gasteiger partial charge < -0.3 is 14.2 Å². The Hall–Kier alpha value is -2.51. The van der Waals surface area contributed by atoms with Gasteiger partial charge in [0.1, 0.15) is 0 Å². The van der Waals surface area contributed by atoms with E-state index in [0.29, 0.717) is 10.7 Å². The SMILES string of the molecule is Cc1ccc(-c2nn(C[NH+]3CCN(c4cc[nH+]cc4)CC3)c(=S)o2)cc1C. The van der Waals surface area contributed by atoms with E-state index in [4.69, 9.17) is 16.6 Å². The minimum absolute atomic E-state index is 0.441. The summed E-state index contributed by atoms with van der Waals surface area (Å²) >= 11 is 5.41. The first kappa shape index (κ1) is 17.9. The highest BCUT2D eigenvalue weighted by molar-refractivity contribution is 7.71. The Morgan fingerprint density at radius 2 is 1.85 bits per heavy atom. The number of aryl methyl sites for hydroxylation is 2. The molecule has 3 aromatic rings. The number of hydrogen-bond donors (Lipinski definition) is 1. The summed E-state index contributed by atoms with van der Waals surface area (Å²) in [4.78, 5) is 7.40. The fraction of sp³-hybridized carbons (Fsp3) is 0.350. The molecule has 7 heteroatoms. The monoisotopic (exact) mass is 383 g/mol. The van der Waals surface area contributed by atoms with Gasteiger partial charge >= 0.3 is 0 Å². The number of nitrogens with one attached hydrogen (secondary N) is 2. The van der Waals surface area contributed by atoms with Gasteiger partial charge in [0.15, 0.2) is 19.1 Å². The van der Waals surface area contributed by atoms with Gasteiger partial charge in [0.05, 0.1) is 26.2 Å². The van der Waals surface area contributed by atoms with Gasteiger partial charge in [-0.15, -0.1) is 5.10 Å². The summed E-state index contributed by atoms with van der Waals surface area (Å²) in [5.41, 5.74) is 4.73. The number of hydrogen-bond acceptors (Lipinski definition) is 4. The Morgan fingerprint density at radius 3 is 2.56 bits per heavy atom. The van der Waals surface area contributed by atoms with Crippen molar-refractivity contribution in [1.82, 2.24) is 9.78 Å². The molecule has 2 aromatic heterocycles. The van der Waals surface area contributed by atoms with Crippen LogP contribution in [0, 0.1) is 18.7 Å². The predicted octanol–water partition coefficient (Wildman–Crippen LogP) is 1.67. The van der Waals surface area contributed by atoms with Crippen molar-refractivity contribution in [1.29, 1.82) is 0 Å². The molecule has 140 valence electrons. The molecule has 0 radical (unpaired) electrons. The number of anilines is 1. The number of quaternary nitrogens is 1. The van der Waals surface area contributed by atoms with Crippen LogP contribution in [0.2, 0.25) is 0 Å². The highest BCUT2D eigenvalue weighted by atomic mass is 32.1. The molecule has 0 saturated carbocycles. The molecule has 0 amide bonds. The molecule has 27 heavy (non-hydrogen) atoms. The zero-order valence-corrected chi connectivity index (χ0v) is 16.6. The molecule has 1 saturated heterocycles. The van der Waals surface area contributed by atoms with E-state index in [2.05, 4.69) is 53.1 Å². The molecule has 0 unspecified atom stereocenters. The molecule has 6 nitrogen and oxygen atoms in total. The average Bonchev–Trinajstić information content (AvgIpc) is 3.06. The number of aromatic amines is 1. The number of piperazine rings is 1. The fourth-order valence-electron chi connectivity index (χ4n) is 3.44. The lowest BCUT2D eigenvalue weighted by molar-refractivity contribution is -0.924. The van der Waals surface area contributed by atoms with Crippen LogP contribution >= 0.6 is 12.2 Å². The first-order chi connectivity index (χ1) is 13.1. The molecule has 4 rings (SSSR count). The Balaban J connectivity index is 1.43. The number of pyridine rings is 1. The normalized spacial score (nSPS) is 15.3. The van der Waals surface area contributed by atoms with Crippen molar-refractivity contribution in [2.75, 3.05) is 31.1 Å². The zero-order chi connectivity index (χ0) is 18.8. The molecule has 1 fully saturated rings. The minimum Gasteiger partial charge on any atom is -0.409 e. The molecule has 0 spiro atoms. The maximum atomic E-state index is 5.77. The molecule has 1 aliphatic heterocycles. The largest absolute Gasteiger partial charge is 0.409 e. The topological polar surface area (TPSA) is 52.8 Å². The Kier molecular flexibility index (Phi) is 5.05. The van der Waals surface area contributed by atoms with Gasteiger partial charge in [-0.2, -0.15) is 4.68 Å². The van der Waals surface area contributed by atoms with Crippen molar-refractivity contribution in [2.24, 2.45) is 0 Å². The molecule has 1 aromatic carbocycles. The number of aromatic nitrogens is 3. The van der Waals surface area contributed by atoms with Crippen LogP contribution in [0.3, 0.4) is 0 Å². The standard InChI is InChI=1S/C20H23N5OS/c1-15-3-4-17(13-16(15)2)19-22-25(20(27)26-19)14-23-9-11-24(12-10-23)18-5-7-21-8-6-18/h3-8,13H,9-12,14H2,1-2H3/p+2. The maximum absolute atomic E-state index is 5.77. The molecule has 0 bridgehead atoms. The van der Waals surface area contributed by atoms with Crippen LogP contribution in [0.1, 0.15) is 11.1 Å². The predicted molar refractivity (Wildman–Crippen MR) is 106 cm³/mol. The van der Waals surface area contributed by atoms with Gasteiger partial charge in [0.25, 0.3) is 4.84 Å². The molecule has 0 aliphatic carbocycles. The van der Waals surface area contributed by atoms with Crippen LogP contribution in [0.15, 0.2) is 47.1 Å². The first-order valence-corrected chi connectivity index (χ1v) is 9.71. The molecule has 1 aliphatic rings. The average molecular weight is 384 g/mol. The first-order valence-electron chi connectivity index (χ1n) is 9.30. The van der Waals surface area contributed by atoms with Gasteiger partial charge in [0.2, 0.25) is 5.89 Å². The Bertz CT molecular complexity index is 974. The van der Waals surface area contributed by atoms with Crippen LogP contribution < -0.4 is 14.8 Å². The highest BCUT2D eigenvalue weighted by Gasteiger charge is 2.22. The summed E-state index contributed by atoms with van der Waals surface area (Å²) in [5, 5.41) is 4.63. The number of nitrogens with zero attached hydrogens (tertiary/aromatic N) is 3. The van der Waals surface area contributed by atoms with Crippen LogP contribution in [-0.2, 0) is 6.67 Å². The van der Waals surface area contributed by atoms with Crippen molar-refractivity contribution in [2.45, 2.75) is 20.5 Å². The van der Waals surface area contributed by atoms with Crippen molar-refractivity contribution in [3.8, 4) is 11.5 Å². The second-order valence-corrected chi connectivity index (χ2v) is 7.47. The molecule has 3 heterocycles. The summed E-state index contributed by atoms with van der Waals surface area (Å²) in [6.45, 7) is 9.08. The number of rotatable bonds is 4. The van der Waals surface area contributed by atoms with Crippen molar-refractivity contribution in [3.63, 3.8) is 0 Å². The lowest BCUT2D eigenvalue weighted by atomic mass is 10.1. The lowest BCUT2D eigenvalue weighted by Crippen LogP contribution is -3.14. The van der Waals surface area contributed by atoms with Gasteiger partial charge in [0, 0.05) is 23.4 Å². The zero-order valence-electron chi connectivity index (χ0n) is 15.7. The van der Waals surface area contributed by atoms with Crippen LogP contribution in [-0.4, -0.2) is 36.0 Å². The third-order valence-corrected chi connectivity index (χ3v) is 5.56. The van der Waals surface area contributed by atoms with E-state index in [1.165, 1.54) is 21.7 Å². The molecular formula is C20H25N5OS+2. The number of benzene rings is 1. The third-order valence-electron chi connectivity index (χ3n) is 5.27. The lowest BCUT2D eigenvalue weighted by Gasteiger charge is -2.32. The highest BCUT2D eigenvalue weighted by Crippen LogP contribution is 2.20. The number of H-pyrrole nitrogens is 1. The van der Waals surface area contributed by atoms with Gasteiger partial charge in [-0.05, 0) is 49.3 Å². The summed E-state index contributed by atoms with van der Waals surface area (Å²) in [6.07, 6.45) is 3.94. The van der Waals surface area contributed by atoms with Gasteiger partial charge in [-0.1, -0.05) is 6.07 Å². The summed E-state index contributed by atoms with van der Waals surface area (Å²) in [7, 11) is 0. The Labute approximate surface area is 164 Å². The van der Waals surface area contributed by atoms with E-state index < -0.39 is 0 Å². The second-order valence-electron chi connectivity index (χ2n) is 7.13. The van der Waals surface area contributed by atoms with E-state index in [1.54, 1.807) is 0 Å². The van der Waals surface area contributed by atoms with E-state index >= 15 is 0 Å². The quantitative estimate of drug-likeness (QED) is 0.697. The Morgan fingerprint density at radius 1 is 1.11 bits per heavy atom. The van der Waals surface area contributed by atoms with Crippen LogP contribution in [0.4, 0.5) is 5.69 Å². The molecule has 0 atom stereocenters. The second kappa shape index (κ2) is 7.62.